The number of aromatic amines is 1. The number of methoxy groups -OCH3 is 1. The van der Waals surface area contributed by atoms with Crippen LogP contribution in [0, 0.1) is 14.9 Å². The number of benzene rings is 2. The molecule has 28 heavy (non-hydrogen) atoms. The van der Waals surface area contributed by atoms with Crippen LogP contribution >= 0.6 is 23.8 Å². The van der Waals surface area contributed by atoms with Crippen LogP contribution in [0.1, 0.15) is 0 Å². The lowest BCUT2D eigenvalue weighted by Crippen LogP contribution is -1.95. The second-order valence-corrected chi connectivity index (χ2v) is 6.79. The number of nitro benzene ring substituents is 1. The molecule has 0 aliphatic rings. The number of nitro groups is 1. The quantitative estimate of drug-likeness (QED) is 0.279. The molecular weight excluding hydrogens is 400 g/mol. The molecule has 2 heterocycles. The first-order valence-corrected chi connectivity index (χ1v) is 8.95. The minimum absolute atomic E-state index is 0.0301. The van der Waals surface area contributed by atoms with Crippen LogP contribution in [0.25, 0.3) is 28.0 Å². The average molecular weight is 413 g/mol. The monoisotopic (exact) mass is 412 g/mol. The first kappa shape index (κ1) is 18.1. The van der Waals surface area contributed by atoms with Crippen molar-refractivity contribution in [3.8, 4) is 28.1 Å². The van der Waals surface area contributed by atoms with Crippen molar-refractivity contribution in [3.63, 3.8) is 0 Å². The third-order valence-corrected chi connectivity index (χ3v) is 4.90. The number of rotatable bonds is 4. The van der Waals surface area contributed by atoms with E-state index < -0.39 is 4.92 Å². The molecule has 0 fully saturated rings. The van der Waals surface area contributed by atoms with Gasteiger partial charge in [0.2, 0.25) is 4.77 Å². The lowest BCUT2D eigenvalue weighted by molar-refractivity contribution is -0.384. The van der Waals surface area contributed by atoms with E-state index in [1.807, 2.05) is 6.20 Å². The third-order valence-electron chi connectivity index (χ3n) is 4.36. The summed E-state index contributed by atoms with van der Waals surface area (Å²) in [6.07, 6.45) is 3.48. The summed E-state index contributed by atoms with van der Waals surface area (Å²) < 4.78 is 7.59. The van der Waals surface area contributed by atoms with Crippen LogP contribution in [0.5, 0.6) is 5.75 Å². The molecule has 1 N–H and O–H groups in total. The van der Waals surface area contributed by atoms with Crippen molar-refractivity contribution < 1.29 is 9.66 Å². The van der Waals surface area contributed by atoms with Gasteiger partial charge in [-0.2, -0.15) is 0 Å². The van der Waals surface area contributed by atoms with Gasteiger partial charge in [-0.15, -0.1) is 0 Å². The van der Waals surface area contributed by atoms with Crippen LogP contribution in [0.3, 0.4) is 0 Å². The zero-order valence-corrected chi connectivity index (χ0v) is 16.1. The van der Waals surface area contributed by atoms with E-state index in [2.05, 4.69) is 9.97 Å². The summed E-state index contributed by atoms with van der Waals surface area (Å²) in [6, 6.07) is 11.6. The van der Waals surface area contributed by atoms with E-state index in [-0.39, 0.29) is 5.69 Å². The fourth-order valence-electron chi connectivity index (χ4n) is 3.00. The van der Waals surface area contributed by atoms with Crippen LogP contribution < -0.4 is 4.74 Å². The summed E-state index contributed by atoms with van der Waals surface area (Å²) in [4.78, 5) is 18.1. The summed E-state index contributed by atoms with van der Waals surface area (Å²) >= 11 is 11.5. The lowest BCUT2D eigenvalue weighted by atomic mass is 10.1. The first-order valence-electron chi connectivity index (χ1n) is 8.17. The maximum Gasteiger partial charge on any atom is 0.269 e. The van der Waals surface area contributed by atoms with Gasteiger partial charge in [0.05, 0.1) is 17.7 Å². The molecule has 0 aliphatic heterocycles. The van der Waals surface area contributed by atoms with Gasteiger partial charge < -0.3 is 9.72 Å². The van der Waals surface area contributed by atoms with Crippen LogP contribution in [0.15, 0.2) is 54.9 Å². The second kappa shape index (κ2) is 7.06. The van der Waals surface area contributed by atoms with E-state index in [1.165, 1.54) is 12.1 Å². The van der Waals surface area contributed by atoms with Crippen LogP contribution in [-0.4, -0.2) is 26.4 Å². The summed E-state index contributed by atoms with van der Waals surface area (Å²) in [5.41, 5.74) is 3.81. The number of non-ortho nitro benzene ring substituents is 1. The topological polar surface area (TPSA) is 85.5 Å². The van der Waals surface area contributed by atoms with Gasteiger partial charge in [-0.25, -0.2) is 4.98 Å². The Kier molecular flexibility index (Phi) is 4.58. The molecule has 0 unspecified atom stereocenters. The summed E-state index contributed by atoms with van der Waals surface area (Å²) in [5.74, 6) is 0.650. The smallest absolute Gasteiger partial charge is 0.269 e. The van der Waals surface area contributed by atoms with E-state index in [0.717, 1.165) is 22.4 Å². The number of nitrogens with zero attached hydrogens (tertiary/aromatic N) is 3. The standard InChI is InChI=1S/C19H13ClN4O3S/c1-27-17-7-4-12(20)8-14(17)15-9-21-19(28)23-10-16(22-18(15)23)11-2-5-13(6-3-11)24(25)26/h2-10,22H,1H3. The third kappa shape index (κ3) is 3.12. The van der Waals surface area contributed by atoms with Crippen molar-refractivity contribution in [1.29, 1.82) is 0 Å². The average Bonchev–Trinajstić information content (AvgIpc) is 3.15. The molecule has 0 amide bonds. The Morgan fingerprint density at radius 3 is 2.64 bits per heavy atom. The molecule has 7 nitrogen and oxygen atoms in total. The zero-order chi connectivity index (χ0) is 19.8. The maximum atomic E-state index is 10.9. The maximum absolute atomic E-state index is 10.9. The number of H-pyrrole nitrogens is 1. The van der Waals surface area contributed by atoms with Gasteiger partial charge in [0.15, 0.2) is 0 Å². The molecule has 2 aromatic carbocycles. The van der Waals surface area contributed by atoms with Crippen molar-refractivity contribution in [2.24, 2.45) is 0 Å². The molecule has 0 atom stereocenters. The van der Waals surface area contributed by atoms with Gasteiger partial charge in [-0.3, -0.25) is 14.5 Å². The molecule has 0 saturated heterocycles. The Morgan fingerprint density at radius 1 is 1.21 bits per heavy atom. The molecule has 0 spiro atoms. The van der Waals surface area contributed by atoms with E-state index in [4.69, 9.17) is 28.6 Å². The van der Waals surface area contributed by atoms with Crippen molar-refractivity contribution in [3.05, 3.63) is 74.8 Å². The highest BCUT2D eigenvalue weighted by Crippen LogP contribution is 2.35. The molecule has 4 rings (SSSR count). The van der Waals surface area contributed by atoms with Gasteiger partial charge in [0, 0.05) is 40.7 Å². The fourth-order valence-corrected chi connectivity index (χ4v) is 3.37. The Balaban J connectivity index is 1.92. The normalized spacial score (nSPS) is 10.9. The van der Waals surface area contributed by atoms with Gasteiger partial charge in [-0.1, -0.05) is 11.6 Å². The van der Waals surface area contributed by atoms with E-state index in [0.29, 0.717) is 21.2 Å². The minimum Gasteiger partial charge on any atom is -0.496 e. The molecule has 0 aliphatic carbocycles. The second-order valence-electron chi connectivity index (χ2n) is 5.99. The molecule has 2 aromatic heterocycles. The molecule has 0 saturated carbocycles. The zero-order valence-electron chi connectivity index (χ0n) is 14.5. The van der Waals surface area contributed by atoms with Crippen LogP contribution in [-0.2, 0) is 0 Å². The predicted molar refractivity (Wildman–Crippen MR) is 109 cm³/mol. The Hall–Kier alpha value is -3.23. The SMILES string of the molecule is COc1ccc(Cl)cc1-c1cnc(=S)n2cc(-c3ccc([N+](=O)[O-])cc3)[nH]c12. The Bertz CT molecular complexity index is 1260. The predicted octanol–water partition coefficient (Wildman–Crippen LogP) is 5.30. The fraction of sp³-hybridized carbons (Fsp3) is 0.0526. The Labute approximate surface area is 169 Å². The molecule has 140 valence electrons. The van der Waals surface area contributed by atoms with Crippen molar-refractivity contribution >= 4 is 35.2 Å². The highest BCUT2D eigenvalue weighted by Gasteiger charge is 2.15. The number of aromatic nitrogens is 3. The molecule has 0 radical (unpaired) electrons. The molecular formula is C19H13ClN4O3S. The van der Waals surface area contributed by atoms with E-state index in [1.54, 1.807) is 48.0 Å². The number of fused-ring (bicyclic) bond motifs is 1. The van der Waals surface area contributed by atoms with Gasteiger partial charge in [0.1, 0.15) is 11.4 Å². The van der Waals surface area contributed by atoms with E-state index in [9.17, 15) is 10.1 Å². The summed E-state index contributed by atoms with van der Waals surface area (Å²) in [5, 5.41) is 11.4. The van der Waals surface area contributed by atoms with Gasteiger partial charge in [0.25, 0.3) is 5.69 Å². The number of nitrogens with one attached hydrogen (secondary N) is 1. The largest absolute Gasteiger partial charge is 0.496 e. The van der Waals surface area contributed by atoms with Crippen LogP contribution in [0.4, 0.5) is 5.69 Å². The highest BCUT2D eigenvalue weighted by molar-refractivity contribution is 7.71. The molecule has 0 bridgehead atoms. The number of halogens is 1. The number of imidazole rings is 1. The summed E-state index contributed by atoms with van der Waals surface area (Å²) in [6.45, 7) is 0. The molecule has 4 aromatic rings. The van der Waals surface area contributed by atoms with Gasteiger partial charge >= 0.3 is 0 Å². The number of hydrogen-bond acceptors (Lipinski definition) is 5. The van der Waals surface area contributed by atoms with Crippen LogP contribution in [0.2, 0.25) is 5.02 Å². The lowest BCUT2D eigenvalue weighted by Gasteiger charge is -2.10. The Morgan fingerprint density at radius 2 is 1.96 bits per heavy atom. The molecule has 9 heteroatoms. The highest BCUT2D eigenvalue weighted by atomic mass is 35.5. The van der Waals surface area contributed by atoms with Crippen molar-refractivity contribution in [2.45, 2.75) is 0 Å². The van der Waals surface area contributed by atoms with E-state index >= 15 is 0 Å². The number of hydrogen-bond donors (Lipinski definition) is 1. The number of ether oxygens (including phenoxy) is 1. The first-order chi connectivity index (χ1) is 13.5. The van der Waals surface area contributed by atoms with Crippen molar-refractivity contribution in [1.82, 2.24) is 14.4 Å². The minimum atomic E-state index is -0.432. The summed E-state index contributed by atoms with van der Waals surface area (Å²) in [7, 11) is 1.59. The van der Waals surface area contributed by atoms with Crippen molar-refractivity contribution in [2.75, 3.05) is 7.11 Å². The van der Waals surface area contributed by atoms with Gasteiger partial charge in [-0.05, 0) is 48.1 Å².